The summed E-state index contributed by atoms with van der Waals surface area (Å²) in [6.45, 7) is 5.58. The number of hydrogen-bond donors (Lipinski definition) is 3. The van der Waals surface area contributed by atoms with Crippen LogP contribution in [0.5, 0.6) is 11.6 Å². The Balaban J connectivity index is 1.54. The highest BCUT2D eigenvalue weighted by molar-refractivity contribution is 6.31. The number of hydrogen-bond acceptors (Lipinski definition) is 6. The Labute approximate surface area is 260 Å². The van der Waals surface area contributed by atoms with Gasteiger partial charge in [0.2, 0.25) is 5.88 Å². The molecule has 2 heterocycles. The quantitative estimate of drug-likeness (QED) is 0.198. The molecular weight excluding hydrogens is 585 g/mol. The maximum atomic E-state index is 12.7. The minimum Gasteiger partial charge on any atom is -0.507 e. The molecule has 43 heavy (non-hydrogen) atoms. The second-order valence-electron chi connectivity index (χ2n) is 11.8. The highest BCUT2D eigenvalue weighted by atomic mass is 35.5. The zero-order chi connectivity index (χ0) is 30.9. The predicted molar refractivity (Wildman–Crippen MR) is 168 cm³/mol. The van der Waals surface area contributed by atoms with Gasteiger partial charge in [-0.1, -0.05) is 47.5 Å². The average molecular weight is 617 g/mol. The van der Waals surface area contributed by atoms with Crippen molar-refractivity contribution in [1.82, 2.24) is 10.3 Å². The van der Waals surface area contributed by atoms with E-state index < -0.39 is 17.1 Å². The summed E-state index contributed by atoms with van der Waals surface area (Å²) in [5, 5.41) is 35.2. The third-order valence-corrected chi connectivity index (χ3v) is 8.03. The molecule has 0 saturated carbocycles. The van der Waals surface area contributed by atoms with Gasteiger partial charge in [-0.15, -0.1) is 0 Å². The molecule has 0 saturated heterocycles. The first-order chi connectivity index (χ1) is 20.4. The number of halogens is 2. The molecule has 1 aromatic heterocycles. The van der Waals surface area contributed by atoms with E-state index in [2.05, 4.69) is 11.4 Å². The molecule has 5 rings (SSSR count). The molecule has 4 aromatic rings. The number of rotatable bonds is 7. The van der Waals surface area contributed by atoms with Gasteiger partial charge in [-0.05, 0) is 93.6 Å². The number of pyridine rings is 1. The number of aliphatic hydroxyl groups is 1. The first kappa shape index (κ1) is 30.4. The Morgan fingerprint density at radius 3 is 2.49 bits per heavy atom. The zero-order valence-electron chi connectivity index (χ0n) is 24.0. The van der Waals surface area contributed by atoms with E-state index in [1.54, 1.807) is 49.4 Å². The van der Waals surface area contributed by atoms with Gasteiger partial charge in [0, 0.05) is 33.3 Å². The van der Waals surface area contributed by atoms with Crippen molar-refractivity contribution in [3.05, 3.63) is 99.5 Å². The van der Waals surface area contributed by atoms with Gasteiger partial charge in [0.1, 0.15) is 11.4 Å². The molecule has 3 aromatic carbocycles. The van der Waals surface area contributed by atoms with Gasteiger partial charge in [-0.3, -0.25) is 4.79 Å². The number of benzene rings is 3. The second kappa shape index (κ2) is 11.9. The van der Waals surface area contributed by atoms with E-state index in [0.29, 0.717) is 45.6 Å². The summed E-state index contributed by atoms with van der Waals surface area (Å²) >= 11 is 12.4. The van der Waals surface area contributed by atoms with Crippen LogP contribution in [0.4, 0.5) is 0 Å². The van der Waals surface area contributed by atoms with Crippen LogP contribution in [0.1, 0.15) is 61.0 Å². The van der Waals surface area contributed by atoms with Crippen LogP contribution in [-0.4, -0.2) is 38.9 Å². The van der Waals surface area contributed by atoms with Gasteiger partial charge < -0.3 is 20.3 Å². The fourth-order valence-corrected chi connectivity index (χ4v) is 5.88. The van der Waals surface area contributed by atoms with Gasteiger partial charge in [0.15, 0.2) is 0 Å². The summed E-state index contributed by atoms with van der Waals surface area (Å²) < 4.78 is 6.38. The van der Waals surface area contributed by atoms with Gasteiger partial charge in [-0.25, -0.2) is 4.98 Å². The first-order valence-electron chi connectivity index (χ1n) is 13.8. The Morgan fingerprint density at radius 1 is 1.09 bits per heavy atom. The SMILES string of the molecule is CC(O)(CNC(=O)c1ccccc1O)CC1CC(C)(C)Oc2nc(-c3ccc(Cl)cc3C#N)c(-c3ccc(Cl)cc3)cc21. The monoisotopic (exact) mass is 615 g/mol. The number of carbonyl (C=O) groups excluding carboxylic acids is 1. The van der Waals surface area contributed by atoms with E-state index >= 15 is 0 Å². The summed E-state index contributed by atoms with van der Waals surface area (Å²) in [6.07, 6.45) is 0.897. The maximum absolute atomic E-state index is 12.7. The van der Waals surface area contributed by atoms with Crippen molar-refractivity contribution >= 4 is 29.1 Å². The number of aromatic hydroxyl groups is 1. The topological polar surface area (TPSA) is 115 Å². The molecule has 1 amide bonds. The average Bonchev–Trinajstić information content (AvgIpc) is 2.95. The van der Waals surface area contributed by atoms with Crippen molar-refractivity contribution < 1.29 is 19.7 Å². The van der Waals surface area contributed by atoms with Gasteiger partial charge in [-0.2, -0.15) is 5.26 Å². The van der Waals surface area contributed by atoms with Gasteiger partial charge in [0.05, 0.1) is 28.5 Å². The van der Waals surface area contributed by atoms with Crippen molar-refractivity contribution in [1.29, 1.82) is 5.26 Å². The van der Waals surface area contributed by atoms with E-state index in [4.69, 9.17) is 32.9 Å². The number of para-hydroxylation sites is 1. The van der Waals surface area contributed by atoms with Crippen LogP contribution in [-0.2, 0) is 0 Å². The summed E-state index contributed by atoms with van der Waals surface area (Å²) in [5.41, 5.74) is 2.23. The molecule has 0 radical (unpaired) electrons. The van der Waals surface area contributed by atoms with E-state index in [0.717, 1.165) is 16.7 Å². The molecule has 2 unspecified atom stereocenters. The molecule has 0 bridgehead atoms. The minimum absolute atomic E-state index is 0.0286. The Hall–Kier alpha value is -4.09. The molecule has 1 aliphatic heterocycles. The molecule has 0 spiro atoms. The molecular formula is C34H31Cl2N3O4. The number of phenolic OH excluding ortho intramolecular Hbond substituents is 1. The number of nitrogens with one attached hydrogen (secondary N) is 1. The molecule has 1 aliphatic rings. The number of fused-ring (bicyclic) bond motifs is 1. The van der Waals surface area contributed by atoms with Crippen LogP contribution in [0.15, 0.2) is 72.8 Å². The summed E-state index contributed by atoms with van der Waals surface area (Å²) in [5.74, 6) is -0.360. The van der Waals surface area contributed by atoms with Crippen LogP contribution in [0, 0.1) is 11.3 Å². The highest BCUT2D eigenvalue weighted by Gasteiger charge is 2.39. The first-order valence-corrected chi connectivity index (χ1v) is 14.6. The van der Waals surface area contributed by atoms with E-state index in [1.807, 2.05) is 32.0 Å². The lowest BCUT2D eigenvalue weighted by Gasteiger charge is -2.40. The Kier molecular flexibility index (Phi) is 8.40. The fourth-order valence-electron chi connectivity index (χ4n) is 5.58. The Morgan fingerprint density at radius 2 is 1.79 bits per heavy atom. The summed E-state index contributed by atoms with van der Waals surface area (Å²) in [4.78, 5) is 17.7. The van der Waals surface area contributed by atoms with Crippen molar-refractivity contribution in [3.63, 3.8) is 0 Å². The highest BCUT2D eigenvalue weighted by Crippen LogP contribution is 2.47. The smallest absolute Gasteiger partial charge is 0.255 e. The summed E-state index contributed by atoms with van der Waals surface area (Å²) in [6, 6.07) is 23.0. The molecule has 9 heteroatoms. The standard InChI is InChI=1S/C34H31Cl2N3O4/c1-33(2)16-22(17-34(3,42)19-38-31(41)26-6-4-5-7-29(26)40)28-15-27(20-8-10-23(35)11-9-20)30(39-32(28)43-33)25-13-12-24(36)14-21(25)18-37/h4-15,22,40,42H,16-17,19H2,1-3H3,(H,38,41). The molecule has 0 fully saturated rings. The molecule has 7 nitrogen and oxygen atoms in total. The number of carbonyl (C=O) groups is 1. The molecule has 3 N–H and O–H groups in total. The predicted octanol–water partition coefficient (Wildman–Crippen LogP) is 7.52. The lowest BCUT2D eigenvalue weighted by atomic mass is 9.78. The Bertz CT molecular complexity index is 1730. The molecule has 220 valence electrons. The number of aromatic nitrogens is 1. The lowest BCUT2D eigenvalue weighted by Crippen LogP contribution is -2.44. The maximum Gasteiger partial charge on any atom is 0.255 e. The van der Waals surface area contributed by atoms with Crippen LogP contribution >= 0.6 is 23.2 Å². The molecule has 0 aliphatic carbocycles. The van der Waals surface area contributed by atoms with Crippen LogP contribution in [0.25, 0.3) is 22.4 Å². The van der Waals surface area contributed by atoms with E-state index in [-0.39, 0.29) is 23.8 Å². The minimum atomic E-state index is -1.29. The summed E-state index contributed by atoms with van der Waals surface area (Å²) in [7, 11) is 0. The van der Waals surface area contributed by atoms with Crippen molar-refractivity contribution in [3.8, 4) is 40.1 Å². The van der Waals surface area contributed by atoms with Crippen molar-refractivity contribution in [2.24, 2.45) is 0 Å². The number of phenols is 1. The van der Waals surface area contributed by atoms with Crippen LogP contribution in [0.3, 0.4) is 0 Å². The lowest BCUT2D eigenvalue weighted by molar-refractivity contribution is 0.0159. The number of amides is 1. The van der Waals surface area contributed by atoms with Crippen LogP contribution in [0.2, 0.25) is 10.0 Å². The zero-order valence-corrected chi connectivity index (χ0v) is 25.5. The largest absolute Gasteiger partial charge is 0.507 e. The molecule has 2 atom stereocenters. The van der Waals surface area contributed by atoms with E-state index in [1.165, 1.54) is 12.1 Å². The third kappa shape index (κ3) is 6.78. The number of ether oxygens (including phenoxy) is 1. The van der Waals surface area contributed by atoms with E-state index in [9.17, 15) is 20.3 Å². The van der Waals surface area contributed by atoms with Crippen molar-refractivity contribution in [2.75, 3.05) is 6.54 Å². The van der Waals surface area contributed by atoms with Gasteiger partial charge in [0.25, 0.3) is 5.91 Å². The third-order valence-electron chi connectivity index (χ3n) is 7.54. The van der Waals surface area contributed by atoms with Gasteiger partial charge >= 0.3 is 0 Å². The van der Waals surface area contributed by atoms with Crippen molar-refractivity contribution in [2.45, 2.75) is 50.7 Å². The second-order valence-corrected chi connectivity index (χ2v) is 12.6. The normalized spacial score (nSPS) is 16.7. The van der Waals surface area contributed by atoms with Crippen LogP contribution < -0.4 is 10.1 Å². The number of nitrogens with zero attached hydrogens (tertiary/aromatic N) is 2. The number of nitriles is 1. The fraction of sp³-hybridized carbons (Fsp3) is 0.265.